The van der Waals surface area contributed by atoms with E-state index >= 15 is 0 Å². The second kappa shape index (κ2) is 6.78. The van der Waals surface area contributed by atoms with Crippen LogP contribution in [0.15, 0.2) is 72.9 Å². The van der Waals surface area contributed by atoms with E-state index in [1.165, 1.54) is 29.8 Å². The van der Waals surface area contributed by atoms with Crippen LogP contribution in [0.3, 0.4) is 0 Å². The van der Waals surface area contributed by atoms with Crippen molar-refractivity contribution >= 4 is 21.8 Å². The van der Waals surface area contributed by atoms with Crippen LogP contribution in [-0.4, -0.2) is 14.8 Å². The standard InChI is InChI=1S/C24H17F2N3/c1-2-15-3-5-16(6-4-15)23-21-14-27-22-12-9-18(26)13-20(22)24(21)29(28-23)19-10-7-17(25)8-11-19/h3-14H,2H2,1H3. The predicted molar refractivity (Wildman–Crippen MR) is 111 cm³/mol. The fourth-order valence-electron chi connectivity index (χ4n) is 3.64. The largest absolute Gasteiger partial charge is 0.255 e. The normalized spacial score (nSPS) is 11.4. The van der Waals surface area contributed by atoms with Gasteiger partial charge in [-0.05, 0) is 54.4 Å². The highest BCUT2D eigenvalue weighted by Gasteiger charge is 2.17. The molecule has 0 N–H and O–H groups in total. The lowest BCUT2D eigenvalue weighted by atomic mass is 10.0. The summed E-state index contributed by atoms with van der Waals surface area (Å²) in [6, 6.07) is 18.8. The van der Waals surface area contributed by atoms with E-state index in [9.17, 15) is 8.78 Å². The van der Waals surface area contributed by atoms with E-state index in [0.29, 0.717) is 16.6 Å². The van der Waals surface area contributed by atoms with Gasteiger partial charge in [-0.2, -0.15) is 5.10 Å². The van der Waals surface area contributed by atoms with Crippen LogP contribution in [0, 0.1) is 11.6 Å². The third-order valence-corrected chi connectivity index (χ3v) is 5.18. The Labute approximate surface area is 166 Å². The molecule has 3 nitrogen and oxygen atoms in total. The van der Waals surface area contributed by atoms with Gasteiger partial charge in [0.1, 0.15) is 17.3 Å². The summed E-state index contributed by atoms with van der Waals surface area (Å²) in [7, 11) is 0. The Morgan fingerprint density at radius 3 is 2.28 bits per heavy atom. The van der Waals surface area contributed by atoms with Gasteiger partial charge in [-0.3, -0.25) is 4.98 Å². The first-order chi connectivity index (χ1) is 14.1. The molecule has 0 aliphatic carbocycles. The van der Waals surface area contributed by atoms with Crippen LogP contribution >= 0.6 is 0 Å². The van der Waals surface area contributed by atoms with Gasteiger partial charge < -0.3 is 0 Å². The smallest absolute Gasteiger partial charge is 0.124 e. The highest BCUT2D eigenvalue weighted by molar-refractivity contribution is 6.08. The van der Waals surface area contributed by atoms with Gasteiger partial charge in [0, 0.05) is 22.5 Å². The van der Waals surface area contributed by atoms with Crippen LogP contribution in [0.4, 0.5) is 8.78 Å². The van der Waals surface area contributed by atoms with E-state index in [1.54, 1.807) is 29.1 Å². The minimum absolute atomic E-state index is 0.321. The lowest BCUT2D eigenvalue weighted by Gasteiger charge is -2.06. The van der Waals surface area contributed by atoms with Crippen LogP contribution in [0.5, 0.6) is 0 Å². The Hall–Kier alpha value is -3.60. The minimum atomic E-state index is -0.340. The van der Waals surface area contributed by atoms with E-state index in [-0.39, 0.29) is 11.6 Å². The maximum atomic E-state index is 14.1. The summed E-state index contributed by atoms with van der Waals surface area (Å²) < 4.78 is 29.3. The fraction of sp³-hybridized carbons (Fsp3) is 0.0833. The SMILES string of the molecule is CCc1ccc(-c2nn(-c3ccc(F)cc3)c3c2cnc2ccc(F)cc23)cc1. The summed E-state index contributed by atoms with van der Waals surface area (Å²) in [4.78, 5) is 4.51. The summed E-state index contributed by atoms with van der Waals surface area (Å²) in [6.07, 6.45) is 2.72. The number of aryl methyl sites for hydroxylation is 1. The number of aromatic nitrogens is 3. The molecule has 0 aliphatic rings. The van der Waals surface area contributed by atoms with Gasteiger partial charge in [-0.1, -0.05) is 31.2 Å². The van der Waals surface area contributed by atoms with Crippen molar-refractivity contribution in [3.63, 3.8) is 0 Å². The maximum Gasteiger partial charge on any atom is 0.124 e. The third kappa shape index (κ3) is 2.95. The van der Waals surface area contributed by atoms with Gasteiger partial charge in [0.05, 0.1) is 16.7 Å². The van der Waals surface area contributed by atoms with E-state index < -0.39 is 0 Å². The van der Waals surface area contributed by atoms with Gasteiger partial charge in [0.15, 0.2) is 0 Å². The molecular weight excluding hydrogens is 368 g/mol. The monoisotopic (exact) mass is 385 g/mol. The van der Waals surface area contributed by atoms with Crippen molar-refractivity contribution in [1.29, 1.82) is 0 Å². The van der Waals surface area contributed by atoms with Crippen molar-refractivity contribution in [2.75, 3.05) is 0 Å². The highest BCUT2D eigenvalue weighted by atomic mass is 19.1. The quantitative estimate of drug-likeness (QED) is 0.377. The first kappa shape index (κ1) is 17.5. The molecule has 2 aromatic heterocycles. The topological polar surface area (TPSA) is 30.7 Å². The number of hydrogen-bond donors (Lipinski definition) is 0. The second-order valence-electron chi connectivity index (χ2n) is 6.97. The summed E-state index contributed by atoms with van der Waals surface area (Å²) in [5.74, 6) is -0.661. The lowest BCUT2D eigenvalue weighted by Crippen LogP contribution is -1.97. The zero-order valence-electron chi connectivity index (χ0n) is 15.7. The Morgan fingerprint density at radius 1 is 0.828 bits per heavy atom. The molecule has 5 aromatic rings. The molecule has 5 rings (SSSR count). The Morgan fingerprint density at radius 2 is 1.55 bits per heavy atom. The first-order valence-electron chi connectivity index (χ1n) is 9.46. The van der Waals surface area contributed by atoms with Crippen molar-refractivity contribution in [1.82, 2.24) is 14.8 Å². The van der Waals surface area contributed by atoms with E-state index in [2.05, 4.69) is 24.0 Å². The Bertz CT molecular complexity index is 1340. The van der Waals surface area contributed by atoms with Gasteiger partial charge in [0.2, 0.25) is 0 Å². The number of fused-ring (bicyclic) bond motifs is 3. The fourth-order valence-corrected chi connectivity index (χ4v) is 3.64. The summed E-state index contributed by atoms with van der Waals surface area (Å²) in [5, 5.41) is 6.31. The van der Waals surface area contributed by atoms with Crippen molar-refractivity contribution in [3.8, 4) is 16.9 Å². The van der Waals surface area contributed by atoms with Crippen LogP contribution in [0.25, 0.3) is 38.8 Å². The van der Waals surface area contributed by atoms with Gasteiger partial charge >= 0.3 is 0 Å². The second-order valence-corrected chi connectivity index (χ2v) is 6.97. The van der Waals surface area contributed by atoms with Gasteiger partial charge in [0.25, 0.3) is 0 Å². The summed E-state index contributed by atoms with van der Waals surface area (Å²) >= 11 is 0. The van der Waals surface area contributed by atoms with Crippen LogP contribution in [-0.2, 0) is 6.42 Å². The molecule has 0 amide bonds. The molecule has 0 saturated carbocycles. The average Bonchev–Trinajstić information content (AvgIpc) is 3.14. The lowest BCUT2D eigenvalue weighted by molar-refractivity contribution is 0.627. The van der Waals surface area contributed by atoms with Gasteiger partial charge in [-0.25, -0.2) is 13.5 Å². The summed E-state index contributed by atoms with van der Waals surface area (Å²) in [5.41, 5.74) is 5.06. The molecule has 5 heteroatoms. The number of rotatable bonds is 3. The molecule has 0 radical (unpaired) electrons. The molecular formula is C24H17F2N3. The van der Waals surface area contributed by atoms with Crippen molar-refractivity contribution < 1.29 is 8.78 Å². The van der Waals surface area contributed by atoms with Crippen LogP contribution in [0.1, 0.15) is 12.5 Å². The molecule has 3 aromatic carbocycles. The molecule has 0 unspecified atom stereocenters. The molecule has 0 fully saturated rings. The third-order valence-electron chi connectivity index (χ3n) is 5.18. The molecule has 29 heavy (non-hydrogen) atoms. The first-order valence-corrected chi connectivity index (χ1v) is 9.46. The van der Waals surface area contributed by atoms with Crippen molar-refractivity contribution in [2.45, 2.75) is 13.3 Å². The maximum absolute atomic E-state index is 14.1. The Kier molecular flexibility index (Phi) is 4.09. The zero-order chi connectivity index (χ0) is 20.0. The average molecular weight is 385 g/mol. The number of pyridine rings is 1. The molecule has 0 saturated heterocycles. The van der Waals surface area contributed by atoms with Crippen molar-refractivity contribution in [3.05, 3.63) is 90.1 Å². The number of nitrogens with zero attached hydrogens (tertiary/aromatic N) is 3. The molecule has 0 atom stereocenters. The summed E-state index contributed by atoms with van der Waals surface area (Å²) in [6.45, 7) is 2.11. The zero-order valence-corrected chi connectivity index (χ0v) is 15.7. The molecule has 0 bridgehead atoms. The predicted octanol–water partition coefficient (Wildman–Crippen LogP) is 6.08. The molecule has 0 aliphatic heterocycles. The molecule has 142 valence electrons. The number of hydrogen-bond acceptors (Lipinski definition) is 2. The van der Waals surface area contributed by atoms with Crippen molar-refractivity contribution in [2.24, 2.45) is 0 Å². The van der Waals surface area contributed by atoms with E-state index in [0.717, 1.165) is 28.6 Å². The number of halogens is 2. The van der Waals surface area contributed by atoms with Gasteiger partial charge in [-0.15, -0.1) is 0 Å². The molecule has 2 heterocycles. The Balaban J connectivity index is 1.86. The van der Waals surface area contributed by atoms with E-state index in [1.807, 2.05) is 12.1 Å². The van der Waals surface area contributed by atoms with E-state index in [4.69, 9.17) is 5.10 Å². The molecule has 0 spiro atoms. The number of benzene rings is 3. The minimum Gasteiger partial charge on any atom is -0.255 e. The highest BCUT2D eigenvalue weighted by Crippen LogP contribution is 2.34. The van der Waals surface area contributed by atoms with Crippen LogP contribution < -0.4 is 0 Å². The van der Waals surface area contributed by atoms with Crippen LogP contribution in [0.2, 0.25) is 0 Å².